The molecule has 3 rings (SSSR count). The van der Waals surface area contributed by atoms with E-state index in [4.69, 9.17) is 22.5 Å². The SMILES string of the molecule is Nc1cc(-c2cccc3ccc(Cl)nc23)ccc1S(N)(=O)=O. The number of aromatic nitrogens is 1. The fourth-order valence-corrected chi connectivity index (χ4v) is 3.12. The van der Waals surface area contributed by atoms with Gasteiger partial charge in [0.2, 0.25) is 10.0 Å². The quantitative estimate of drug-likeness (QED) is 0.556. The normalized spacial score (nSPS) is 11.7. The van der Waals surface area contributed by atoms with E-state index in [1.165, 1.54) is 6.07 Å². The molecule has 5 nitrogen and oxygen atoms in total. The van der Waals surface area contributed by atoms with E-state index in [-0.39, 0.29) is 10.6 Å². The van der Waals surface area contributed by atoms with Gasteiger partial charge >= 0.3 is 0 Å². The number of nitrogens with two attached hydrogens (primary N) is 2. The van der Waals surface area contributed by atoms with Crippen molar-refractivity contribution in [1.82, 2.24) is 4.98 Å². The molecule has 0 fully saturated rings. The molecule has 112 valence electrons. The summed E-state index contributed by atoms with van der Waals surface area (Å²) in [5.41, 5.74) is 8.18. The number of sulfonamides is 1. The Morgan fingerprint density at radius 1 is 1.05 bits per heavy atom. The number of benzene rings is 2. The van der Waals surface area contributed by atoms with Crippen LogP contribution in [0.4, 0.5) is 5.69 Å². The summed E-state index contributed by atoms with van der Waals surface area (Å²) in [4.78, 5) is 4.24. The maximum Gasteiger partial charge on any atom is 0.240 e. The minimum atomic E-state index is -3.84. The van der Waals surface area contributed by atoms with Crippen LogP contribution in [0.5, 0.6) is 0 Å². The first-order valence-corrected chi connectivity index (χ1v) is 8.27. The van der Waals surface area contributed by atoms with E-state index in [2.05, 4.69) is 4.98 Å². The van der Waals surface area contributed by atoms with Gasteiger partial charge in [0.15, 0.2) is 0 Å². The van der Waals surface area contributed by atoms with E-state index in [0.29, 0.717) is 5.15 Å². The maximum atomic E-state index is 11.4. The van der Waals surface area contributed by atoms with Crippen molar-refractivity contribution in [3.8, 4) is 11.1 Å². The number of para-hydroxylation sites is 1. The Labute approximate surface area is 132 Å². The van der Waals surface area contributed by atoms with Crippen LogP contribution in [-0.4, -0.2) is 13.4 Å². The molecular formula is C15H12ClN3O2S. The Kier molecular flexibility index (Phi) is 3.52. The molecule has 0 bridgehead atoms. The molecule has 0 aliphatic heterocycles. The first-order chi connectivity index (χ1) is 10.4. The van der Waals surface area contributed by atoms with Gasteiger partial charge in [-0.15, -0.1) is 0 Å². The summed E-state index contributed by atoms with van der Waals surface area (Å²) in [5.74, 6) is 0. The van der Waals surface area contributed by atoms with E-state index < -0.39 is 10.0 Å². The van der Waals surface area contributed by atoms with Crippen LogP contribution in [-0.2, 0) is 10.0 Å². The van der Waals surface area contributed by atoms with E-state index in [9.17, 15) is 8.42 Å². The Morgan fingerprint density at radius 2 is 1.82 bits per heavy atom. The first-order valence-electron chi connectivity index (χ1n) is 6.34. The zero-order valence-electron chi connectivity index (χ0n) is 11.3. The number of anilines is 1. The summed E-state index contributed by atoms with van der Waals surface area (Å²) in [6, 6.07) is 13.9. The van der Waals surface area contributed by atoms with Crippen LogP contribution in [0.3, 0.4) is 0 Å². The number of primary sulfonamides is 1. The topological polar surface area (TPSA) is 99.1 Å². The molecule has 0 aliphatic rings. The number of pyridine rings is 1. The number of hydrogen-bond donors (Lipinski definition) is 2. The molecule has 3 aromatic rings. The molecule has 1 heterocycles. The fourth-order valence-electron chi connectivity index (χ4n) is 2.33. The summed E-state index contributed by atoms with van der Waals surface area (Å²) in [5, 5.41) is 6.43. The number of halogens is 1. The van der Waals surface area contributed by atoms with Gasteiger partial charge in [0.1, 0.15) is 10.0 Å². The lowest BCUT2D eigenvalue weighted by Gasteiger charge is -2.09. The van der Waals surface area contributed by atoms with Gasteiger partial charge in [-0.1, -0.05) is 35.9 Å². The van der Waals surface area contributed by atoms with Crippen molar-refractivity contribution < 1.29 is 8.42 Å². The predicted octanol–water partition coefficient (Wildman–Crippen LogP) is 2.78. The zero-order chi connectivity index (χ0) is 15.9. The Bertz CT molecular complexity index is 987. The van der Waals surface area contributed by atoms with Crippen molar-refractivity contribution in [1.29, 1.82) is 0 Å². The third-order valence-corrected chi connectivity index (χ3v) is 4.51. The largest absolute Gasteiger partial charge is 0.398 e. The van der Waals surface area contributed by atoms with E-state index in [1.54, 1.807) is 18.2 Å². The smallest absolute Gasteiger partial charge is 0.240 e. The van der Waals surface area contributed by atoms with Gasteiger partial charge in [0, 0.05) is 10.9 Å². The number of hydrogen-bond acceptors (Lipinski definition) is 4. The van der Waals surface area contributed by atoms with Crippen LogP contribution in [0.25, 0.3) is 22.0 Å². The fraction of sp³-hybridized carbons (Fsp3) is 0. The van der Waals surface area contributed by atoms with Crippen LogP contribution in [0, 0.1) is 0 Å². The molecule has 4 N–H and O–H groups in total. The van der Waals surface area contributed by atoms with Crippen molar-refractivity contribution in [2.24, 2.45) is 5.14 Å². The van der Waals surface area contributed by atoms with Crippen molar-refractivity contribution in [2.75, 3.05) is 5.73 Å². The number of rotatable bonds is 2. The lowest BCUT2D eigenvalue weighted by molar-refractivity contribution is 0.598. The molecule has 22 heavy (non-hydrogen) atoms. The molecule has 0 atom stereocenters. The van der Waals surface area contributed by atoms with Crippen molar-refractivity contribution in [3.05, 3.63) is 53.7 Å². The summed E-state index contributed by atoms with van der Waals surface area (Å²) in [6.07, 6.45) is 0. The predicted molar refractivity (Wildman–Crippen MR) is 88.0 cm³/mol. The van der Waals surface area contributed by atoms with Gasteiger partial charge in [-0.3, -0.25) is 0 Å². The molecule has 0 amide bonds. The highest BCUT2D eigenvalue weighted by Gasteiger charge is 2.14. The second-order valence-corrected chi connectivity index (χ2v) is 6.73. The molecule has 0 unspecified atom stereocenters. The molecule has 0 aliphatic carbocycles. The van der Waals surface area contributed by atoms with Gasteiger partial charge in [-0.2, -0.15) is 0 Å². The summed E-state index contributed by atoms with van der Waals surface area (Å²) in [7, 11) is -3.84. The van der Waals surface area contributed by atoms with Crippen molar-refractivity contribution >= 4 is 38.2 Å². The van der Waals surface area contributed by atoms with Gasteiger partial charge in [-0.05, 0) is 29.8 Å². The average Bonchev–Trinajstić information content (AvgIpc) is 2.45. The third kappa shape index (κ3) is 2.64. The Hall–Kier alpha value is -2.15. The standard InChI is InChI=1S/C15H12ClN3O2S/c16-14-7-5-9-2-1-3-11(15(9)19-14)10-4-6-13(12(17)8-10)22(18,20)21/h1-8H,17H2,(H2,18,20,21). The highest BCUT2D eigenvalue weighted by Crippen LogP contribution is 2.31. The van der Waals surface area contributed by atoms with Crippen LogP contribution in [0.1, 0.15) is 0 Å². The van der Waals surface area contributed by atoms with Gasteiger partial charge in [-0.25, -0.2) is 18.5 Å². The summed E-state index contributed by atoms with van der Waals surface area (Å²) in [6.45, 7) is 0. The Morgan fingerprint density at radius 3 is 2.50 bits per heavy atom. The molecule has 0 radical (unpaired) electrons. The van der Waals surface area contributed by atoms with Crippen LogP contribution in [0.2, 0.25) is 5.15 Å². The highest BCUT2D eigenvalue weighted by atomic mass is 35.5. The average molecular weight is 334 g/mol. The van der Waals surface area contributed by atoms with E-state index in [0.717, 1.165) is 22.0 Å². The molecule has 0 saturated carbocycles. The lowest BCUT2D eigenvalue weighted by Crippen LogP contribution is -2.14. The summed E-state index contributed by atoms with van der Waals surface area (Å²) < 4.78 is 22.9. The maximum absolute atomic E-state index is 11.4. The van der Waals surface area contributed by atoms with Crippen LogP contribution < -0.4 is 10.9 Å². The van der Waals surface area contributed by atoms with Gasteiger partial charge < -0.3 is 5.73 Å². The first kappa shape index (κ1) is 14.8. The second kappa shape index (κ2) is 5.24. The lowest BCUT2D eigenvalue weighted by atomic mass is 10.0. The number of nitrogens with zero attached hydrogens (tertiary/aromatic N) is 1. The van der Waals surface area contributed by atoms with E-state index in [1.807, 2.05) is 24.3 Å². The molecule has 1 aromatic heterocycles. The number of fused-ring (bicyclic) bond motifs is 1. The highest BCUT2D eigenvalue weighted by molar-refractivity contribution is 7.89. The molecule has 2 aromatic carbocycles. The molecular weight excluding hydrogens is 322 g/mol. The summed E-state index contributed by atoms with van der Waals surface area (Å²) >= 11 is 5.96. The van der Waals surface area contributed by atoms with Crippen molar-refractivity contribution in [2.45, 2.75) is 4.90 Å². The van der Waals surface area contributed by atoms with Gasteiger partial charge in [0.25, 0.3) is 0 Å². The third-order valence-electron chi connectivity index (χ3n) is 3.31. The van der Waals surface area contributed by atoms with E-state index >= 15 is 0 Å². The number of nitrogen functional groups attached to an aromatic ring is 1. The molecule has 0 spiro atoms. The second-order valence-electron chi connectivity index (χ2n) is 4.81. The van der Waals surface area contributed by atoms with Crippen LogP contribution >= 0.6 is 11.6 Å². The Balaban J connectivity index is 2.24. The van der Waals surface area contributed by atoms with Gasteiger partial charge in [0.05, 0.1) is 11.2 Å². The molecule has 7 heteroatoms. The van der Waals surface area contributed by atoms with Crippen molar-refractivity contribution in [3.63, 3.8) is 0 Å². The zero-order valence-corrected chi connectivity index (χ0v) is 12.9. The minimum absolute atomic E-state index is 0.0949. The molecule has 0 saturated heterocycles. The van der Waals surface area contributed by atoms with Crippen LogP contribution in [0.15, 0.2) is 53.4 Å². The minimum Gasteiger partial charge on any atom is -0.398 e. The monoisotopic (exact) mass is 333 g/mol.